The number of rotatable bonds is 5. The zero-order valence-corrected chi connectivity index (χ0v) is 17.9. The van der Waals surface area contributed by atoms with Crippen LogP contribution in [-0.2, 0) is 6.42 Å². The number of imidazole rings is 1. The molecule has 2 aromatic carbocycles. The molecule has 0 N–H and O–H groups in total. The highest BCUT2D eigenvalue weighted by molar-refractivity contribution is 6.33. The molecule has 0 spiro atoms. The first-order chi connectivity index (χ1) is 15.1. The highest BCUT2D eigenvalue weighted by atomic mass is 35.5. The average molecular weight is 430 g/mol. The zero-order chi connectivity index (χ0) is 21.4. The number of benzene rings is 2. The Bertz CT molecular complexity index is 1390. The van der Waals surface area contributed by atoms with Crippen molar-refractivity contribution in [1.82, 2.24) is 24.1 Å². The van der Waals surface area contributed by atoms with Gasteiger partial charge in [0.25, 0.3) is 0 Å². The van der Waals surface area contributed by atoms with Gasteiger partial charge < -0.3 is 9.30 Å². The molecule has 6 nitrogen and oxygen atoms in total. The number of aromatic nitrogens is 5. The minimum absolute atomic E-state index is 0.587. The van der Waals surface area contributed by atoms with Crippen LogP contribution in [0.1, 0.15) is 17.1 Å². The first-order valence-electron chi connectivity index (χ1n) is 9.89. The summed E-state index contributed by atoms with van der Waals surface area (Å²) in [5.41, 5.74) is 5.63. The van der Waals surface area contributed by atoms with Gasteiger partial charge in [0, 0.05) is 35.0 Å². The smallest absolute Gasteiger partial charge is 0.163 e. The summed E-state index contributed by atoms with van der Waals surface area (Å²) >= 11 is 6.42. The van der Waals surface area contributed by atoms with Crippen molar-refractivity contribution < 1.29 is 4.74 Å². The molecular weight excluding hydrogens is 410 g/mol. The quantitative estimate of drug-likeness (QED) is 0.388. The van der Waals surface area contributed by atoms with E-state index in [1.807, 2.05) is 72.4 Å². The van der Waals surface area contributed by atoms with Gasteiger partial charge in [0.05, 0.1) is 24.8 Å². The summed E-state index contributed by atoms with van der Waals surface area (Å²) in [6.07, 6.45) is 6.24. The van der Waals surface area contributed by atoms with E-state index in [9.17, 15) is 0 Å². The molecule has 0 amide bonds. The van der Waals surface area contributed by atoms with Gasteiger partial charge in [0.1, 0.15) is 5.75 Å². The van der Waals surface area contributed by atoms with Crippen LogP contribution in [0.3, 0.4) is 0 Å². The summed E-state index contributed by atoms with van der Waals surface area (Å²) < 4.78 is 9.38. The lowest BCUT2D eigenvalue weighted by Crippen LogP contribution is -1.98. The molecule has 0 aliphatic carbocycles. The van der Waals surface area contributed by atoms with Gasteiger partial charge in [-0.05, 0) is 42.8 Å². The van der Waals surface area contributed by atoms with Gasteiger partial charge in [-0.3, -0.25) is 0 Å². The normalized spacial score (nSPS) is 11.2. The number of fused-ring (bicyclic) bond motifs is 1. The Morgan fingerprint density at radius 3 is 2.65 bits per heavy atom. The van der Waals surface area contributed by atoms with E-state index in [4.69, 9.17) is 21.3 Å². The Morgan fingerprint density at radius 1 is 1.03 bits per heavy atom. The van der Waals surface area contributed by atoms with Crippen molar-refractivity contribution in [2.45, 2.75) is 13.3 Å². The molecule has 0 unspecified atom stereocenters. The van der Waals surface area contributed by atoms with E-state index in [-0.39, 0.29) is 0 Å². The molecule has 0 radical (unpaired) electrons. The number of hydrogen-bond donors (Lipinski definition) is 0. The lowest BCUT2D eigenvalue weighted by atomic mass is 10.1. The number of nitrogens with zero attached hydrogens (tertiary/aromatic N) is 5. The maximum absolute atomic E-state index is 6.42. The third-order valence-electron chi connectivity index (χ3n) is 5.17. The van der Waals surface area contributed by atoms with Gasteiger partial charge >= 0.3 is 0 Å². The fourth-order valence-electron chi connectivity index (χ4n) is 3.70. The van der Waals surface area contributed by atoms with E-state index in [2.05, 4.69) is 16.1 Å². The second-order valence-corrected chi connectivity index (χ2v) is 7.71. The van der Waals surface area contributed by atoms with Crippen LogP contribution >= 0.6 is 11.6 Å². The van der Waals surface area contributed by atoms with Gasteiger partial charge in [-0.2, -0.15) is 5.10 Å². The number of pyridine rings is 1. The Morgan fingerprint density at radius 2 is 1.87 bits per heavy atom. The fraction of sp³-hybridized carbons (Fsp3) is 0.125. The van der Waals surface area contributed by atoms with Crippen molar-refractivity contribution in [3.63, 3.8) is 0 Å². The highest BCUT2D eigenvalue weighted by Gasteiger charge is 2.13. The van der Waals surface area contributed by atoms with Crippen molar-refractivity contribution in [2.75, 3.05) is 7.11 Å². The molecule has 0 saturated heterocycles. The molecule has 3 aromatic heterocycles. The van der Waals surface area contributed by atoms with Gasteiger partial charge in [-0.25, -0.2) is 14.5 Å². The Labute approximate surface area is 184 Å². The predicted molar refractivity (Wildman–Crippen MR) is 121 cm³/mol. The van der Waals surface area contributed by atoms with Crippen molar-refractivity contribution >= 4 is 17.2 Å². The number of halogens is 1. The van der Waals surface area contributed by atoms with Crippen molar-refractivity contribution in [2.24, 2.45) is 0 Å². The SMILES string of the molecule is COc1cc(Cc2nc3c(-c4ccccc4Cl)cccn3n2)ccc1-n1cnc(C)c1. The number of hydrogen-bond acceptors (Lipinski definition) is 4. The monoisotopic (exact) mass is 429 g/mol. The van der Waals surface area contributed by atoms with Crippen molar-refractivity contribution in [3.8, 4) is 22.6 Å². The Balaban J connectivity index is 1.50. The van der Waals surface area contributed by atoms with Crippen molar-refractivity contribution in [1.29, 1.82) is 0 Å². The summed E-state index contributed by atoms with van der Waals surface area (Å²) in [5, 5.41) is 5.36. The highest BCUT2D eigenvalue weighted by Crippen LogP contribution is 2.30. The van der Waals surface area contributed by atoms with Crippen LogP contribution in [0.4, 0.5) is 0 Å². The van der Waals surface area contributed by atoms with Crippen LogP contribution < -0.4 is 4.74 Å². The topological polar surface area (TPSA) is 57.2 Å². The number of ether oxygens (including phenoxy) is 1. The summed E-state index contributed by atoms with van der Waals surface area (Å²) in [7, 11) is 1.67. The van der Waals surface area contributed by atoms with Gasteiger partial charge in [-0.15, -0.1) is 0 Å². The lowest BCUT2D eigenvalue weighted by Gasteiger charge is -2.10. The molecule has 154 valence electrons. The third-order valence-corrected chi connectivity index (χ3v) is 5.50. The van der Waals surface area contributed by atoms with Gasteiger partial charge in [0.2, 0.25) is 0 Å². The molecule has 0 aliphatic heterocycles. The summed E-state index contributed by atoms with van der Waals surface area (Å²) in [6, 6.07) is 17.8. The zero-order valence-electron chi connectivity index (χ0n) is 17.2. The second-order valence-electron chi connectivity index (χ2n) is 7.30. The first kappa shape index (κ1) is 19.3. The molecule has 0 atom stereocenters. The molecule has 31 heavy (non-hydrogen) atoms. The van der Waals surface area contributed by atoms with Crippen LogP contribution in [0.15, 0.2) is 73.3 Å². The number of aryl methyl sites for hydroxylation is 1. The standard InChI is InChI=1S/C24H20ClN5O/c1-16-14-29(15-26-16)21-10-9-17(12-22(21)31-2)13-23-27-24-19(7-5-11-30(24)28-23)18-6-3-4-8-20(18)25/h3-12,14-15H,13H2,1-2H3. The van der Waals surface area contributed by atoms with Crippen LogP contribution in [-0.4, -0.2) is 31.3 Å². The van der Waals surface area contributed by atoms with E-state index in [0.29, 0.717) is 11.4 Å². The van der Waals surface area contributed by atoms with E-state index in [0.717, 1.165) is 45.3 Å². The predicted octanol–water partition coefficient (Wildman–Crippen LogP) is 5.14. The van der Waals surface area contributed by atoms with Gasteiger partial charge in [0.15, 0.2) is 11.5 Å². The van der Waals surface area contributed by atoms with Gasteiger partial charge in [-0.1, -0.05) is 35.9 Å². The molecule has 7 heteroatoms. The van der Waals surface area contributed by atoms with E-state index >= 15 is 0 Å². The fourth-order valence-corrected chi connectivity index (χ4v) is 3.93. The molecule has 3 heterocycles. The van der Waals surface area contributed by atoms with E-state index < -0.39 is 0 Å². The molecule has 5 rings (SSSR count). The molecule has 5 aromatic rings. The first-order valence-corrected chi connectivity index (χ1v) is 10.3. The summed E-state index contributed by atoms with van der Waals surface area (Å²) in [5.74, 6) is 1.50. The number of methoxy groups -OCH3 is 1. The van der Waals surface area contributed by atoms with Crippen LogP contribution in [0.25, 0.3) is 22.5 Å². The lowest BCUT2D eigenvalue weighted by molar-refractivity contribution is 0.412. The van der Waals surface area contributed by atoms with E-state index in [1.54, 1.807) is 18.0 Å². The summed E-state index contributed by atoms with van der Waals surface area (Å²) in [6.45, 7) is 1.96. The largest absolute Gasteiger partial charge is 0.495 e. The molecule has 0 bridgehead atoms. The average Bonchev–Trinajstić information content (AvgIpc) is 3.39. The molecular formula is C24H20ClN5O. The maximum Gasteiger partial charge on any atom is 0.163 e. The minimum atomic E-state index is 0.587. The third kappa shape index (κ3) is 3.66. The van der Waals surface area contributed by atoms with Crippen LogP contribution in [0, 0.1) is 6.92 Å². The Hall–Kier alpha value is -3.64. The maximum atomic E-state index is 6.42. The second kappa shape index (κ2) is 7.89. The molecule has 0 fully saturated rings. The van der Waals surface area contributed by atoms with Crippen LogP contribution in [0.2, 0.25) is 5.02 Å². The minimum Gasteiger partial charge on any atom is -0.495 e. The van der Waals surface area contributed by atoms with Crippen LogP contribution in [0.5, 0.6) is 5.75 Å². The van der Waals surface area contributed by atoms with E-state index in [1.165, 1.54) is 0 Å². The van der Waals surface area contributed by atoms with Crippen molar-refractivity contribution in [3.05, 3.63) is 95.4 Å². The summed E-state index contributed by atoms with van der Waals surface area (Å²) in [4.78, 5) is 9.10. The molecule has 0 aliphatic rings. The Kier molecular flexibility index (Phi) is 4.92. The molecule has 0 saturated carbocycles.